The van der Waals surface area contributed by atoms with Gasteiger partial charge in [-0.25, -0.2) is 0 Å². The number of rotatable bonds is 0. The van der Waals surface area contributed by atoms with Crippen LogP contribution in [-0.4, -0.2) is 0 Å². The SMILES string of the molecule is Brc1ccc(Br)cc1.Nc1cc(Br)ccc1Br. The molecule has 0 atom stereocenters. The Bertz CT molecular complexity index is 461. The first-order valence-corrected chi connectivity index (χ1v) is 7.78. The zero-order valence-corrected chi connectivity index (χ0v) is 15.0. The highest BCUT2D eigenvalue weighted by Gasteiger charge is 1.92. The van der Waals surface area contributed by atoms with Crippen molar-refractivity contribution in [3.05, 3.63) is 60.4 Å². The molecule has 0 saturated heterocycles. The van der Waals surface area contributed by atoms with E-state index >= 15 is 0 Å². The Morgan fingerprint density at radius 3 is 1.41 bits per heavy atom. The minimum atomic E-state index is 0.754. The molecular formula is C12H9Br4N. The summed E-state index contributed by atoms with van der Waals surface area (Å²) in [6, 6.07) is 13.6. The van der Waals surface area contributed by atoms with Gasteiger partial charge >= 0.3 is 0 Å². The number of anilines is 1. The van der Waals surface area contributed by atoms with Gasteiger partial charge < -0.3 is 5.73 Å². The molecule has 2 aromatic carbocycles. The lowest BCUT2D eigenvalue weighted by Crippen LogP contribution is -1.84. The van der Waals surface area contributed by atoms with Gasteiger partial charge in [0.05, 0.1) is 0 Å². The van der Waals surface area contributed by atoms with Crippen molar-refractivity contribution in [2.45, 2.75) is 0 Å². The summed E-state index contributed by atoms with van der Waals surface area (Å²) in [5, 5.41) is 0. The van der Waals surface area contributed by atoms with Crippen LogP contribution in [0, 0.1) is 0 Å². The van der Waals surface area contributed by atoms with Gasteiger partial charge in [0.2, 0.25) is 0 Å². The minimum Gasteiger partial charge on any atom is -0.398 e. The van der Waals surface area contributed by atoms with Crippen LogP contribution in [0.15, 0.2) is 60.4 Å². The van der Waals surface area contributed by atoms with E-state index in [1.807, 2.05) is 42.5 Å². The molecule has 0 aromatic heterocycles. The van der Waals surface area contributed by atoms with Crippen LogP contribution in [0.25, 0.3) is 0 Å². The summed E-state index contributed by atoms with van der Waals surface area (Å²) >= 11 is 13.2. The predicted molar refractivity (Wildman–Crippen MR) is 88.1 cm³/mol. The maximum Gasteiger partial charge on any atom is 0.0469 e. The first-order valence-electron chi connectivity index (χ1n) is 4.60. The summed E-state index contributed by atoms with van der Waals surface area (Å²) in [7, 11) is 0. The van der Waals surface area contributed by atoms with Crippen LogP contribution >= 0.6 is 63.7 Å². The number of hydrogen-bond donors (Lipinski definition) is 1. The summed E-state index contributed by atoms with van der Waals surface area (Å²) in [4.78, 5) is 0. The maximum absolute atomic E-state index is 5.54. The molecule has 0 unspecified atom stereocenters. The van der Waals surface area contributed by atoms with Crippen LogP contribution in [0.5, 0.6) is 0 Å². The van der Waals surface area contributed by atoms with Gasteiger partial charge in [-0.3, -0.25) is 0 Å². The predicted octanol–water partition coefficient (Wildman–Crippen LogP) is 6.01. The lowest BCUT2D eigenvalue weighted by atomic mass is 10.3. The van der Waals surface area contributed by atoms with Crippen molar-refractivity contribution < 1.29 is 0 Å². The molecule has 1 nitrogen and oxygen atoms in total. The van der Waals surface area contributed by atoms with E-state index in [4.69, 9.17) is 5.73 Å². The second-order valence-corrected chi connectivity index (χ2v) is 6.70. The van der Waals surface area contributed by atoms with Gasteiger partial charge in [0.1, 0.15) is 0 Å². The maximum atomic E-state index is 5.54. The lowest BCUT2D eigenvalue weighted by molar-refractivity contribution is 1.59. The molecule has 0 aliphatic rings. The Hall–Kier alpha value is 0.160. The van der Waals surface area contributed by atoms with Gasteiger partial charge in [0, 0.05) is 23.6 Å². The van der Waals surface area contributed by atoms with Gasteiger partial charge in [0.15, 0.2) is 0 Å². The van der Waals surface area contributed by atoms with Crippen LogP contribution in [0.4, 0.5) is 5.69 Å². The third kappa shape index (κ3) is 6.04. The molecule has 0 radical (unpaired) electrons. The summed E-state index contributed by atoms with van der Waals surface area (Å²) < 4.78 is 4.16. The van der Waals surface area contributed by atoms with Crippen LogP contribution in [0.2, 0.25) is 0 Å². The van der Waals surface area contributed by atoms with E-state index in [0.29, 0.717) is 0 Å². The van der Waals surface area contributed by atoms with Crippen LogP contribution in [0.1, 0.15) is 0 Å². The van der Waals surface area contributed by atoms with Crippen molar-refractivity contribution in [3.63, 3.8) is 0 Å². The Kier molecular flexibility index (Phi) is 6.77. The molecule has 2 N–H and O–H groups in total. The average molecular weight is 487 g/mol. The highest BCUT2D eigenvalue weighted by Crippen LogP contribution is 2.22. The molecule has 90 valence electrons. The van der Waals surface area contributed by atoms with Crippen molar-refractivity contribution >= 4 is 69.4 Å². The van der Waals surface area contributed by atoms with Gasteiger partial charge in [-0.2, -0.15) is 0 Å². The highest BCUT2D eigenvalue weighted by atomic mass is 79.9. The highest BCUT2D eigenvalue weighted by molar-refractivity contribution is 9.11. The quantitative estimate of drug-likeness (QED) is 0.454. The molecule has 0 amide bonds. The van der Waals surface area contributed by atoms with Crippen molar-refractivity contribution in [3.8, 4) is 0 Å². The largest absolute Gasteiger partial charge is 0.398 e. The minimum absolute atomic E-state index is 0.754. The molecule has 5 heteroatoms. The second kappa shape index (κ2) is 7.56. The van der Waals surface area contributed by atoms with Crippen molar-refractivity contribution in [2.75, 3.05) is 5.73 Å². The second-order valence-electron chi connectivity index (χ2n) is 3.10. The molecular weight excluding hydrogens is 478 g/mol. The fraction of sp³-hybridized carbons (Fsp3) is 0. The van der Waals surface area contributed by atoms with Crippen LogP contribution in [0.3, 0.4) is 0 Å². The van der Waals surface area contributed by atoms with E-state index in [1.54, 1.807) is 0 Å². The first kappa shape index (κ1) is 15.2. The van der Waals surface area contributed by atoms with Crippen molar-refractivity contribution in [1.82, 2.24) is 0 Å². The molecule has 0 aliphatic heterocycles. The van der Waals surface area contributed by atoms with Crippen molar-refractivity contribution in [1.29, 1.82) is 0 Å². The molecule has 0 heterocycles. The van der Waals surface area contributed by atoms with E-state index in [0.717, 1.165) is 23.6 Å². The summed E-state index contributed by atoms with van der Waals surface area (Å²) in [5.74, 6) is 0. The average Bonchev–Trinajstić information content (AvgIpc) is 2.29. The Morgan fingerprint density at radius 1 is 0.647 bits per heavy atom. The zero-order chi connectivity index (χ0) is 12.8. The molecule has 17 heavy (non-hydrogen) atoms. The Balaban J connectivity index is 0.000000171. The normalized spacial score (nSPS) is 9.41. The first-order chi connectivity index (χ1) is 7.99. The Labute approximate surface area is 134 Å². The number of benzene rings is 2. The van der Waals surface area contributed by atoms with E-state index in [-0.39, 0.29) is 0 Å². The molecule has 2 aromatic rings. The summed E-state index contributed by atoms with van der Waals surface area (Å²) in [5.41, 5.74) is 6.30. The van der Waals surface area contributed by atoms with Crippen LogP contribution in [-0.2, 0) is 0 Å². The number of nitrogens with two attached hydrogens (primary N) is 1. The molecule has 0 bridgehead atoms. The summed E-state index contributed by atoms with van der Waals surface area (Å²) in [6.07, 6.45) is 0. The smallest absolute Gasteiger partial charge is 0.0469 e. The van der Waals surface area contributed by atoms with E-state index < -0.39 is 0 Å². The third-order valence-corrected chi connectivity index (χ3v) is 4.03. The van der Waals surface area contributed by atoms with Gasteiger partial charge in [-0.05, 0) is 58.4 Å². The molecule has 2 rings (SSSR count). The lowest BCUT2D eigenvalue weighted by Gasteiger charge is -1.95. The van der Waals surface area contributed by atoms with E-state index in [1.165, 1.54) is 0 Å². The molecule has 0 fully saturated rings. The van der Waals surface area contributed by atoms with Gasteiger partial charge in [-0.15, -0.1) is 0 Å². The molecule has 0 spiro atoms. The van der Waals surface area contributed by atoms with E-state index in [9.17, 15) is 0 Å². The summed E-state index contributed by atoms with van der Waals surface area (Å²) in [6.45, 7) is 0. The zero-order valence-electron chi connectivity index (χ0n) is 8.63. The van der Waals surface area contributed by atoms with Crippen molar-refractivity contribution in [2.24, 2.45) is 0 Å². The monoisotopic (exact) mass is 483 g/mol. The number of hydrogen-bond acceptors (Lipinski definition) is 1. The number of nitrogen functional groups attached to an aromatic ring is 1. The fourth-order valence-corrected chi connectivity index (χ4v) is 2.10. The third-order valence-electron chi connectivity index (χ3n) is 1.76. The van der Waals surface area contributed by atoms with Crippen LogP contribution < -0.4 is 5.73 Å². The number of halogens is 4. The standard InChI is InChI=1S/C6H5Br2N.C6H4Br2/c7-4-1-2-5(8)6(9)3-4;7-5-1-2-6(8)4-3-5/h1-3H,9H2;1-4H. The topological polar surface area (TPSA) is 26.0 Å². The fourth-order valence-electron chi connectivity index (χ4n) is 0.944. The Morgan fingerprint density at radius 2 is 1.06 bits per heavy atom. The molecule has 0 aliphatic carbocycles. The van der Waals surface area contributed by atoms with Gasteiger partial charge in [0.25, 0.3) is 0 Å². The van der Waals surface area contributed by atoms with E-state index in [2.05, 4.69) is 63.7 Å². The molecule has 0 saturated carbocycles. The van der Waals surface area contributed by atoms with Gasteiger partial charge in [-0.1, -0.05) is 47.8 Å².